The number of rotatable bonds is 0. The molecule has 0 unspecified atom stereocenters. The highest BCUT2D eigenvalue weighted by Gasteiger charge is 2.03. The monoisotopic (exact) mass is 420 g/mol. The van der Waals surface area contributed by atoms with Crippen molar-refractivity contribution in [2.45, 2.75) is 0 Å². The second-order valence-electron chi connectivity index (χ2n) is 3.09. The van der Waals surface area contributed by atoms with Gasteiger partial charge in [-0.25, -0.2) is 0 Å². The summed E-state index contributed by atoms with van der Waals surface area (Å²) >= 11 is 0. The van der Waals surface area contributed by atoms with Gasteiger partial charge >= 0.3 is 0 Å². The summed E-state index contributed by atoms with van der Waals surface area (Å²) in [6, 6.07) is 16.2. The van der Waals surface area contributed by atoms with Gasteiger partial charge in [-0.05, 0) is 12.1 Å². The molecule has 0 fully saturated rings. The van der Waals surface area contributed by atoms with E-state index in [1.54, 1.807) is 0 Å². The number of hydrogen-bond acceptors (Lipinski definition) is 1. The topological polar surface area (TPSA) is 13.1 Å². The fourth-order valence-corrected chi connectivity index (χ4v) is 1.67. The Morgan fingerprint density at radius 1 is 0.450 bits per heavy atom. The molecule has 2 aromatic carbocycles. The zero-order valence-corrected chi connectivity index (χ0v) is 15.6. The van der Waals surface area contributed by atoms with Crippen LogP contribution in [0.15, 0.2) is 52.9 Å². The third-order valence-corrected chi connectivity index (χ3v) is 2.28. The van der Waals surface area contributed by atoms with E-state index in [0.29, 0.717) is 0 Å². The van der Waals surface area contributed by atoms with Crippen LogP contribution in [0.2, 0.25) is 0 Å². The molecule has 0 saturated carbocycles. The Morgan fingerprint density at radius 3 is 1.10 bits per heavy atom. The first-order valence-corrected chi connectivity index (χ1v) is 4.31. The smallest absolute Gasteiger partial charge is 0.135 e. The van der Waals surface area contributed by atoms with Gasteiger partial charge in [0.1, 0.15) is 11.2 Å². The number of benzene rings is 2. The lowest BCUT2D eigenvalue weighted by molar-refractivity contribution is 0.669. The second kappa shape index (κ2) is 14.2. The van der Waals surface area contributed by atoms with Crippen molar-refractivity contribution in [1.29, 1.82) is 0 Å². The van der Waals surface area contributed by atoms with E-state index in [0.717, 1.165) is 11.2 Å². The van der Waals surface area contributed by atoms with Gasteiger partial charge < -0.3 is 4.42 Å². The Balaban J connectivity index is -0.000000107. The predicted octanol–water partition coefficient (Wildman–Crippen LogP) is 6.54. The maximum absolute atomic E-state index is 5.65. The van der Waals surface area contributed by atoms with Crippen LogP contribution in [0, 0.1) is 0 Å². The summed E-state index contributed by atoms with van der Waals surface area (Å²) in [6.07, 6.45) is 0. The molecule has 118 valence electrons. The number of fused-ring (bicyclic) bond motifs is 3. The zero-order valence-electron chi connectivity index (χ0n) is 9.88. The summed E-state index contributed by atoms with van der Waals surface area (Å²) in [5, 5.41) is 2.39. The van der Waals surface area contributed by atoms with Crippen LogP contribution in [0.5, 0.6) is 0 Å². The molecule has 3 rings (SSSR count). The lowest BCUT2D eigenvalue weighted by atomic mass is 10.2. The van der Waals surface area contributed by atoms with Gasteiger partial charge in [0.15, 0.2) is 0 Å². The molecule has 3 aromatic rings. The number of halogens is 7. The van der Waals surface area contributed by atoms with Gasteiger partial charge in [0.05, 0.1) is 0 Å². The molecule has 20 heavy (non-hydrogen) atoms. The standard InChI is InChI=1S/C12H8O.7ClH/c1-3-7-11-9(5-1)10-6-2-4-8-12(10)13-11;;;;;;;/h1-8H;7*1H. The molecule has 0 atom stereocenters. The minimum Gasteiger partial charge on any atom is -0.456 e. The highest BCUT2D eigenvalue weighted by atomic mass is 35.5. The van der Waals surface area contributed by atoms with Crippen molar-refractivity contribution in [3.8, 4) is 0 Å². The molecule has 8 heteroatoms. The van der Waals surface area contributed by atoms with E-state index >= 15 is 0 Å². The zero-order chi connectivity index (χ0) is 8.67. The average Bonchev–Trinajstić information content (AvgIpc) is 2.56. The molecular formula is C12H15Cl7O. The molecule has 0 amide bonds. The highest BCUT2D eigenvalue weighted by molar-refractivity contribution is 6.04. The summed E-state index contributed by atoms with van der Waals surface area (Å²) in [4.78, 5) is 0. The Bertz CT molecular complexity index is 532. The Morgan fingerprint density at radius 2 is 0.750 bits per heavy atom. The average molecular weight is 423 g/mol. The summed E-state index contributed by atoms with van der Waals surface area (Å²) in [6.45, 7) is 0. The van der Waals surface area contributed by atoms with Crippen LogP contribution in [-0.2, 0) is 0 Å². The van der Waals surface area contributed by atoms with Crippen LogP contribution in [-0.4, -0.2) is 0 Å². The first kappa shape index (κ1) is 32.3. The number of furan rings is 1. The normalized spacial score (nSPS) is 7.20. The third kappa shape index (κ3) is 5.95. The SMILES string of the molecule is Cl.Cl.Cl.Cl.Cl.Cl.Cl.c1ccc2c(c1)oc1ccccc12. The van der Waals surface area contributed by atoms with Gasteiger partial charge in [0, 0.05) is 10.8 Å². The Kier molecular flexibility index (Phi) is 22.9. The highest BCUT2D eigenvalue weighted by Crippen LogP contribution is 2.27. The van der Waals surface area contributed by atoms with Gasteiger partial charge in [-0.3, -0.25) is 0 Å². The molecule has 0 radical (unpaired) electrons. The predicted molar refractivity (Wildman–Crippen MR) is 104 cm³/mol. The molecule has 0 saturated heterocycles. The van der Waals surface area contributed by atoms with E-state index in [4.69, 9.17) is 4.42 Å². The molecule has 0 bridgehead atoms. The first-order chi connectivity index (χ1) is 6.45. The molecule has 1 heterocycles. The minimum atomic E-state index is 0. The lowest BCUT2D eigenvalue weighted by Gasteiger charge is -1.85. The van der Waals surface area contributed by atoms with Gasteiger partial charge in [-0.15, -0.1) is 86.8 Å². The van der Waals surface area contributed by atoms with Crippen molar-refractivity contribution in [2.24, 2.45) is 0 Å². The van der Waals surface area contributed by atoms with E-state index in [2.05, 4.69) is 12.1 Å². The van der Waals surface area contributed by atoms with Crippen molar-refractivity contribution in [2.75, 3.05) is 0 Å². The summed E-state index contributed by atoms with van der Waals surface area (Å²) in [7, 11) is 0. The van der Waals surface area contributed by atoms with E-state index in [9.17, 15) is 0 Å². The summed E-state index contributed by atoms with van der Waals surface area (Å²) < 4.78 is 5.65. The fourth-order valence-electron chi connectivity index (χ4n) is 1.67. The first-order valence-electron chi connectivity index (χ1n) is 4.31. The van der Waals surface area contributed by atoms with Crippen LogP contribution in [0.25, 0.3) is 21.9 Å². The quantitative estimate of drug-likeness (QED) is 0.400. The number of hydrogen-bond donors (Lipinski definition) is 0. The lowest BCUT2D eigenvalue weighted by Crippen LogP contribution is -1.62. The Labute approximate surface area is 161 Å². The minimum absolute atomic E-state index is 0. The van der Waals surface area contributed by atoms with E-state index < -0.39 is 0 Å². The molecule has 0 aliphatic heterocycles. The van der Waals surface area contributed by atoms with Crippen LogP contribution in [0.1, 0.15) is 0 Å². The van der Waals surface area contributed by atoms with Crippen molar-refractivity contribution >= 4 is 109 Å². The van der Waals surface area contributed by atoms with Crippen LogP contribution in [0.3, 0.4) is 0 Å². The Hall–Kier alpha value is 0.270. The molecule has 0 aliphatic carbocycles. The largest absolute Gasteiger partial charge is 0.456 e. The van der Waals surface area contributed by atoms with Crippen molar-refractivity contribution in [3.05, 3.63) is 48.5 Å². The van der Waals surface area contributed by atoms with E-state index in [1.807, 2.05) is 36.4 Å². The van der Waals surface area contributed by atoms with E-state index in [1.165, 1.54) is 10.8 Å². The molecular weight excluding hydrogens is 408 g/mol. The van der Waals surface area contributed by atoms with E-state index in [-0.39, 0.29) is 86.8 Å². The van der Waals surface area contributed by atoms with Crippen LogP contribution >= 0.6 is 86.8 Å². The van der Waals surface area contributed by atoms with Crippen molar-refractivity contribution in [1.82, 2.24) is 0 Å². The van der Waals surface area contributed by atoms with Crippen molar-refractivity contribution in [3.63, 3.8) is 0 Å². The summed E-state index contributed by atoms with van der Waals surface area (Å²) in [5.74, 6) is 0. The van der Waals surface area contributed by atoms with Gasteiger partial charge in [0.25, 0.3) is 0 Å². The fraction of sp³-hybridized carbons (Fsp3) is 0. The van der Waals surface area contributed by atoms with Gasteiger partial charge in [-0.2, -0.15) is 0 Å². The maximum atomic E-state index is 5.65. The molecule has 0 N–H and O–H groups in total. The second-order valence-corrected chi connectivity index (χ2v) is 3.09. The van der Waals surface area contributed by atoms with Crippen LogP contribution in [0.4, 0.5) is 0 Å². The molecule has 1 aromatic heterocycles. The number of para-hydroxylation sites is 2. The van der Waals surface area contributed by atoms with Crippen LogP contribution < -0.4 is 0 Å². The molecule has 0 spiro atoms. The maximum Gasteiger partial charge on any atom is 0.135 e. The van der Waals surface area contributed by atoms with Crippen molar-refractivity contribution < 1.29 is 4.42 Å². The molecule has 0 aliphatic rings. The summed E-state index contributed by atoms with van der Waals surface area (Å²) in [5.41, 5.74) is 1.92. The van der Waals surface area contributed by atoms with Gasteiger partial charge in [-0.1, -0.05) is 36.4 Å². The molecule has 1 nitrogen and oxygen atoms in total. The third-order valence-electron chi connectivity index (χ3n) is 2.28. The van der Waals surface area contributed by atoms with Gasteiger partial charge in [0.2, 0.25) is 0 Å².